The molecule has 0 unspecified atom stereocenters. The molecule has 0 bridgehead atoms. The fourth-order valence-corrected chi connectivity index (χ4v) is 2.01. The molecule has 4 heteroatoms. The van der Waals surface area contributed by atoms with Crippen molar-refractivity contribution >= 4 is 17.4 Å². The van der Waals surface area contributed by atoms with Gasteiger partial charge in [-0.3, -0.25) is 4.79 Å². The number of carbonyl (C=O) groups excluding carboxylic acids is 1. The van der Waals surface area contributed by atoms with E-state index in [9.17, 15) is 13.6 Å². The zero-order valence-corrected chi connectivity index (χ0v) is 12.1. The molecule has 0 saturated carbocycles. The summed E-state index contributed by atoms with van der Waals surface area (Å²) in [5.74, 6) is -1.15. The van der Waals surface area contributed by atoms with Crippen molar-refractivity contribution in [3.05, 3.63) is 0 Å². The lowest BCUT2D eigenvalue weighted by Crippen LogP contribution is -2.20. The lowest BCUT2D eigenvalue weighted by molar-refractivity contribution is -0.133. The zero-order valence-electron chi connectivity index (χ0n) is 11.3. The van der Waals surface area contributed by atoms with E-state index in [0.29, 0.717) is 6.42 Å². The van der Waals surface area contributed by atoms with Gasteiger partial charge in [0.05, 0.1) is 0 Å². The molecule has 0 saturated heterocycles. The molecule has 18 heavy (non-hydrogen) atoms. The van der Waals surface area contributed by atoms with E-state index in [-0.39, 0.29) is 6.42 Å². The summed E-state index contributed by atoms with van der Waals surface area (Å²) < 4.78 is 24.6. The minimum atomic E-state index is -3.67. The van der Waals surface area contributed by atoms with Crippen molar-refractivity contribution in [3.63, 3.8) is 0 Å². The standard InChI is InChI=1S/C14H25ClF2O/c1-2-3-4-5-6-7-8-9-10-11-12-13(18)14(15,16)17/h2-12H2,1H3. The molecule has 0 aliphatic heterocycles. The van der Waals surface area contributed by atoms with Gasteiger partial charge in [-0.25, -0.2) is 0 Å². The fourth-order valence-electron chi connectivity index (χ4n) is 1.91. The van der Waals surface area contributed by atoms with Crippen molar-refractivity contribution < 1.29 is 13.6 Å². The van der Waals surface area contributed by atoms with Gasteiger partial charge < -0.3 is 0 Å². The van der Waals surface area contributed by atoms with Crippen LogP contribution in [0.15, 0.2) is 0 Å². The second-order valence-electron chi connectivity index (χ2n) is 4.85. The third-order valence-electron chi connectivity index (χ3n) is 3.07. The van der Waals surface area contributed by atoms with E-state index in [4.69, 9.17) is 0 Å². The Balaban J connectivity index is 3.19. The molecule has 0 fully saturated rings. The number of hydrogen-bond acceptors (Lipinski definition) is 1. The Morgan fingerprint density at radius 2 is 1.28 bits per heavy atom. The van der Waals surface area contributed by atoms with E-state index in [2.05, 4.69) is 18.5 Å². The third kappa shape index (κ3) is 10.9. The lowest BCUT2D eigenvalue weighted by Gasteiger charge is -2.06. The van der Waals surface area contributed by atoms with Crippen LogP contribution in [0.1, 0.15) is 77.6 Å². The maximum Gasteiger partial charge on any atom is 0.380 e. The highest BCUT2D eigenvalue weighted by molar-refractivity contribution is 6.32. The summed E-state index contributed by atoms with van der Waals surface area (Å²) in [5.41, 5.74) is 0. The predicted octanol–water partition coefficient (Wildman–Crippen LogP) is 5.70. The van der Waals surface area contributed by atoms with Crippen LogP contribution in [-0.2, 0) is 4.79 Å². The number of halogens is 3. The number of unbranched alkanes of at least 4 members (excludes halogenated alkanes) is 9. The van der Waals surface area contributed by atoms with Crippen molar-refractivity contribution in [1.82, 2.24) is 0 Å². The first-order valence-electron chi connectivity index (χ1n) is 7.08. The van der Waals surface area contributed by atoms with E-state index >= 15 is 0 Å². The molecule has 0 N–H and O–H groups in total. The molecule has 0 atom stereocenters. The number of Topliss-reactive ketones (excluding diaryl/α,β-unsaturated/α-hetero) is 1. The van der Waals surface area contributed by atoms with Crippen molar-refractivity contribution in [3.8, 4) is 0 Å². The van der Waals surface area contributed by atoms with Gasteiger partial charge in [0.25, 0.3) is 0 Å². The number of hydrogen-bond donors (Lipinski definition) is 0. The van der Waals surface area contributed by atoms with Crippen LogP contribution in [-0.4, -0.2) is 11.2 Å². The summed E-state index contributed by atoms with van der Waals surface area (Å²) in [6, 6.07) is 0. The first-order valence-corrected chi connectivity index (χ1v) is 7.46. The first kappa shape index (κ1) is 17.8. The molecular formula is C14H25ClF2O. The van der Waals surface area contributed by atoms with Crippen LogP contribution < -0.4 is 0 Å². The molecule has 108 valence electrons. The van der Waals surface area contributed by atoms with Gasteiger partial charge in [0.15, 0.2) is 0 Å². The Morgan fingerprint density at radius 3 is 1.67 bits per heavy atom. The SMILES string of the molecule is CCCCCCCCCCCCC(=O)C(F)(F)Cl. The first-order chi connectivity index (χ1) is 8.48. The number of alkyl halides is 3. The highest BCUT2D eigenvalue weighted by Gasteiger charge is 2.34. The fraction of sp³-hybridized carbons (Fsp3) is 0.929. The molecule has 0 aromatic rings. The van der Waals surface area contributed by atoms with Gasteiger partial charge in [-0.05, 0) is 18.0 Å². The van der Waals surface area contributed by atoms with E-state index in [0.717, 1.165) is 19.3 Å². The van der Waals surface area contributed by atoms with Gasteiger partial charge in [-0.15, -0.1) is 0 Å². The quantitative estimate of drug-likeness (QED) is 0.331. The van der Waals surface area contributed by atoms with Crippen LogP contribution in [0.3, 0.4) is 0 Å². The Hall–Kier alpha value is -0.180. The zero-order chi connectivity index (χ0) is 13.9. The summed E-state index contributed by atoms with van der Waals surface area (Å²) in [6.45, 7) is 2.20. The van der Waals surface area contributed by atoms with Crippen molar-refractivity contribution in [2.75, 3.05) is 0 Å². The number of rotatable bonds is 12. The molecule has 0 heterocycles. The number of ketones is 1. The van der Waals surface area contributed by atoms with Crippen LogP contribution in [0, 0.1) is 0 Å². The summed E-state index contributed by atoms with van der Waals surface area (Å²) in [6.07, 6.45) is 11.1. The minimum absolute atomic E-state index is 0.104. The summed E-state index contributed by atoms with van der Waals surface area (Å²) >= 11 is 4.62. The van der Waals surface area contributed by atoms with Gasteiger partial charge in [0.1, 0.15) is 0 Å². The highest BCUT2D eigenvalue weighted by Crippen LogP contribution is 2.23. The summed E-state index contributed by atoms with van der Waals surface area (Å²) in [4.78, 5) is 10.8. The maximum absolute atomic E-state index is 12.3. The largest absolute Gasteiger partial charge is 0.380 e. The third-order valence-corrected chi connectivity index (χ3v) is 3.28. The molecule has 0 radical (unpaired) electrons. The monoisotopic (exact) mass is 282 g/mol. The Labute approximate surface area is 114 Å². The summed E-state index contributed by atoms with van der Waals surface area (Å²) in [7, 11) is 0. The van der Waals surface area contributed by atoms with Crippen LogP contribution in [0.5, 0.6) is 0 Å². The lowest BCUT2D eigenvalue weighted by atomic mass is 10.1. The molecule has 0 aromatic heterocycles. The van der Waals surface area contributed by atoms with Crippen molar-refractivity contribution in [2.45, 2.75) is 82.9 Å². The van der Waals surface area contributed by atoms with Crippen molar-refractivity contribution in [2.24, 2.45) is 0 Å². The minimum Gasteiger partial charge on any atom is -0.291 e. The average molecular weight is 283 g/mol. The molecule has 0 aliphatic carbocycles. The topological polar surface area (TPSA) is 17.1 Å². The Morgan fingerprint density at radius 1 is 0.889 bits per heavy atom. The van der Waals surface area contributed by atoms with Crippen LogP contribution >= 0.6 is 11.6 Å². The average Bonchev–Trinajstić information content (AvgIpc) is 2.30. The van der Waals surface area contributed by atoms with E-state index in [1.54, 1.807) is 0 Å². The van der Waals surface area contributed by atoms with E-state index in [1.807, 2.05) is 0 Å². The second kappa shape index (κ2) is 10.7. The highest BCUT2D eigenvalue weighted by atomic mass is 35.5. The van der Waals surface area contributed by atoms with E-state index in [1.165, 1.54) is 38.5 Å². The van der Waals surface area contributed by atoms with Crippen LogP contribution in [0.4, 0.5) is 8.78 Å². The molecule has 0 spiro atoms. The van der Waals surface area contributed by atoms with Gasteiger partial charge in [0.2, 0.25) is 5.78 Å². The molecule has 0 aliphatic rings. The Bertz CT molecular complexity index is 214. The van der Waals surface area contributed by atoms with Crippen molar-refractivity contribution in [1.29, 1.82) is 0 Å². The van der Waals surface area contributed by atoms with Crippen LogP contribution in [0.2, 0.25) is 0 Å². The Kier molecular flexibility index (Phi) is 10.6. The molecule has 1 nitrogen and oxygen atoms in total. The van der Waals surface area contributed by atoms with Gasteiger partial charge in [0, 0.05) is 6.42 Å². The molecule has 0 amide bonds. The summed E-state index contributed by atoms with van der Waals surface area (Å²) in [5, 5.41) is -3.67. The van der Waals surface area contributed by atoms with Gasteiger partial charge in [-0.1, -0.05) is 64.7 Å². The van der Waals surface area contributed by atoms with Gasteiger partial charge >= 0.3 is 5.38 Å². The molecular weight excluding hydrogens is 258 g/mol. The molecule has 0 aromatic carbocycles. The van der Waals surface area contributed by atoms with E-state index < -0.39 is 11.2 Å². The number of carbonyl (C=O) groups is 1. The smallest absolute Gasteiger partial charge is 0.291 e. The maximum atomic E-state index is 12.3. The van der Waals surface area contributed by atoms with Gasteiger partial charge in [-0.2, -0.15) is 8.78 Å². The normalized spacial score (nSPS) is 11.8. The molecule has 0 rings (SSSR count). The predicted molar refractivity (Wildman–Crippen MR) is 72.3 cm³/mol. The second-order valence-corrected chi connectivity index (χ2v) is 5.33. The van der Waals surface area contributed by atoms with Crippen LogP contribution in [0.25, 0.3) is 0 Å².